The SMILES string of the molecule is O=C(Cc1ccc(F)cc1)N1CCC[C@@H]1c1cccc(Nc2nccs2)n1. The largest absolute Gasteiger partial charge is 0.334 e. The van der Waals surface area contributed by atoms with Gasteiger partial charge in [-0.1, -0.05) is 18.2 Å². The van der Waals surface area contributed by atoms with Crippen molar-refractivity contribution in [3.8, 4) is 0 Å². The average molecular weight is 382 g/mol. The van der Waals surface area contributed by atoms with Gasteiger partial charge in [0.2, 0.25) is 5.91 Å². The maximum absolute atomic E-state index is 13.1. The molecule has 3 aromatic rings. The van der Waals surface area contributed by atoms with Crippen molar-refractivity contribution >= 4 is 28.2 Å². The first-order valence-corrected chi connectivity index (χ1v) is 9.74. The van der Waals surface area contributed by atoms with Gasteiger partial charge in [0.05, 0.1) is 18.2 Å². The Morgan fingerprint density at radius 3 is 2.89 bits per heavy atom. The molecular formula is C20H19FN4OS. The van der Waals surface area contributed by atoms with Gasteiger partial charge in [0, 0.05) is 18.1 Å². The van der Waals surface area contributed by atoms with Crippen molar-refractivity contribution in [2.75, 3.05) is 11.9 Å². The van der Waals surface area contributed by atoms with Crippen LogP contribution < -0.4 is 5.32 Å². The summed E-state index contributed by atoms with van der Waals surface area (Å²) in [6.45, 7) is 0.719. The summed E-state index contributed by atoms with van der Waals surface area (Å²) in [5.41, 5.74) is 1.70. The summed E-state index contributed by atoms with van der Waals surface area (Å²) in [7, 11) is 0. The smallest absolute Gasteiger partial charge is 0.227 e. The van der Waals surface area contributed by atoms with E-state index in [0.29, 0.717) is 0 Å². The number of anilines is 2. The summed E-state index contributed by atoms with van der Waals surface area (Å²) < 4.78 is 13.1. The van der Waals surface area contributed by atoms with E-state index < -0.39 is 0 Å². The Hall–Kier alpha value is -2.80. The van der Waals surface area contributed by atoms with Gasteiger partial charge in [0.1, 0.15) is 11.6 Å². The Kier molecular flexibility index (Phi) is 5.11. The Labute approximate surface area is 160 Å². The van der Waals surface area contributed by atoms with Gasteiger partial charge < -0.3 is 10.2 Å². The van der Waals surface area contributed by atoms with E-state index >= 15 is 0 Å². The molecule has 0 radical (unpaired) electrons. The number of amides is 1. The van der Waals surface area contributed by atoms with E-state index in [1.54, 1.807) is 18.3 Å². The molecule has 0 bridgehead atoms. The lowest BCUT2D eigenvalue weighted by atomic mass is 10.1. The van der Waals surface area contributed by atoms with Crippen LogP contribution in [0.15, 0.2) is 54.0 Å². The minimum Gasteiger partial charge on any atom is -0.334 e. The van der Waals surface area contributed by atoms with E-state index in [9.17, 15) is 9.18 Å². The number of nitrogens with one attached hydrogen (secondary N) is 1. The molecule has 4 rings (SSSR count). The third-order valence-electron chi connectivity index (χ3n) is 4.62. The molecule has 1 N–H and O–H groups in total. The van der Waals surface area contributed by atoms with Crippen LogP contribution in [0.3, 0.4) is 0 Å². The topological polar surface area (TPSA) is 58.1 Å². The molecule has 2 aromatic heterocycles. The predicted molar refractivity (Wildman–Crippen MR) is 103 cm³/mol. The lowest BCUT2D eigenvalue weighted by Gasteiger charge is -2.25. The molecule has 1 atom stereocenters. The number of hydrogen-bond donors (Lipinski definition) is 1. The summed E-state index contributed by atoms with van der Waals surface area (Å²) >= 11 is 1.51. The first kappa shape index (κ1) is 17.6. The number of likely N-dealkylation sites (tertiary alicyclic amines) is 1. The predicted octanol–water partition coefficient (Wildman–Crippen LogP) is 4.33. The van der Waals surface area contributed by atoms with E-state index in [4.69, 9.17) is 4.98 Å². The number of rotatable bonds is 5. The van der Waals surface area contributed by atoms with E-state index in [1.165, 1.54) is 23.5 Å². The second-order valence-electron chi connectivity index (χ2n) is 6.46. The molecule has 0 aliphatic carbocycles. The van der Waals surface area contributed by atoms with Crippen molar-refractivity contribution in [3.63, 3.8) is 0 Å². The highest BCUT2D eigenvalue weighted by Gasteiger charge is 2.30. The third-order valence-corrected chi connectivity index (χ3v) is 5.31. The fourth-order valence-electron chi connectivity index (χ4n) is 3.35. The summed E-state index contributed by atoms with van der Waals surface area (Å²) in [5, 5.41) is 5.88. The molecule has 1 fully saturated rings. The molecule has 138 valence electrons. The van der Waals surface area contributed by atoms with Crippen LogP contribution in [0, 0.1) is 5.82 Å². The van der Waals surface area contributed by atoms with E-state index in [1.807, 2.05) is 28.5 Å². The lowest BCUT2D eigenvalue weighted by molar-refractivity contribution is -0.131. The maximum Gasteiger partial charge on any atom is 0.227 e. The van der Waals surface area contributed by atoms with Crippen molar-refractivity contribution in [2.45, 2.75) is 25.3 Å². The van der Waals surface area contributed by atoms with Crippen LogP contribution >= 0.6 is 11.3 Å². The van der Waals surface area contributed by atoms with Gasteiger partial charge in [-0.2, -0.15) is 0 Å². The third kappa shape index (κ3) is 4.14. The zero-order chi connectivity index (χ0) is 18.6. The molecule has 1 saturated heterocycles. The number of thiazole rings is 1. The van der Waals surface area contributed by atoms with E-state index in [0.717, 1.165) is 41.6 Å². The van der Waals surface area contributed by atoms with Crippen molar-refractivity contribution in [1.29, 1.82) is 0 Å². The number of halogens is 1. The number of carbonyl (C=O) groups is 1. The average Bonchev–Trinajstić information content (AvgIpc) is 3.35. The number of nitrogens with zero attached hydrogens (tertiary/aromatic N) is 3. The minimum absolute atomic E-state index is 0.0315. The normalized spacial score (nSPS) is 16.5. The van der Waals surface area contributed by atoms with Gasteiger partial charge >= 0.3 is 0 Å². The van der Waals surface area contributed by atoms with Gasteiger partial charge in [0.25, 0.3) is 0 Å². The van der Waals surface area contributed by atoms with Gasteiger partial charge in [-0.3, -0.25) is 4.79 Å². The standard InChI is InChI=1S/C20H19FN4OS/c21-15-8-6-14(7-9-15)13-19(26)25-11-2-4-17(25)16-3-1-5-18(23-16)24-20-22-10-12-27-20/h1,3,5-10,12,17H,2,4,11,13H2,(H,22,23,24)/t17-/m1/s1. The van der Waals surface area contributed by atoms with Crippen LogP contribution in [0.4, 0.5) is 15.3 Å². The lowest BCUT2D eigenvalue weighted by Crippen LogP contribution is -2.32. The highest BCUT2D eigenvalue weighted by Crippen LogP contribution is 2.32. The molecule has 1 aliphatic rings. The number of benzene rings is 1. The molecule has 1 amide bonds. The number of hydrogen-bond acceptors (Lipinski definition) is 5. The zero-order valence-electron chi connectivity index (χ0n) is 14.6. The number of carbonyl (C=O) groups excluding carboxylic acids is 1. The highest BCUT2D eigenvalue weighted by molar-refractivity contribution is 7.13. The van der Waals surface area contributed by atoms with Crippen molar-refractivity contribution in [2.24, 2.45) is 0 Å². The van der Waals surface area contributed by atoms with Crippen molar-refractivity contribution in [3.05, 3.63) is 71.1 Å². The van der Waals surface area contributed by atoms with Gasteiger partial charge in [-0.15, -0.1) is 11.3 Å². The fourth-order valence-corrected chi connectivity index (χ4v) is 3.89. The first-order valence-electron chi connectivity index (χ1n) is 8.86. The number of aromatic nitrogens is 2. The van der Waals surface area contributed by atoms with Crippen LogP contribution in [-0.2, 0) is 11.2 Å². The Bertz CT molecular complexity index is 914. The molecule has 27 heavy (non-hydrogen) atoms. The van der Waals surface area contributed by atoms with Gasteiger partial charge in [-0.05, 0) is 42.7 Å². The number of pyridine rings is 1. The fraction of sp³-hybridized carbons (Fsp3) is 0.250. The highest BCUT2D eigenvalue weighted by atomic mass is 32.1. The summed E-state index contributed by atoms with van der Waals surface area (Å²) in [4.78, 5) is 23.6. The summed E-state index contributed by atoms with van der Waals surface area (Å²) in [6.07, 6.45) is 3.85. The van der Waals surface area contributed by atoms with Crippen LogP contribution in [0.2, 0.25) is 0 Å². The molecule has 3 heterocycles. The Morgan fingerprint density at radius 2 is 2.11 bits per heavy atom. The first-order chi connectivity index (χ1) is 13.2. The molecular weight excluding hydrogens is 363 g/mol. The zero-order valence-corrected chi connectivity index (χ0v) is 15.5. The van der Waals surface area contributed by atoms with Crippen molar-refractivity contribution in [1.82, 2.24) is 14.9 Å². The Balaban J connectivity index is 1.49. The van der Waals surface area contributed by atoms with Gasteiger partial charge in [-0.25, -0.2) is 14.4 Å². The summed E-state index contributed by atoms with van der Waals surface area (Å²) in [5.74, 6) is 0.475. The molecule has 1 aromatic carbocycles. The minimum atomic E-state index is -0.293. The quantitative estimate of drug-likeness (QED) is 0.714. The molecule has 0 saturated carbocycles. The Morgan fingerprint density at radius 1 is 1.26 bits per heavy atom. The molecule has 5 nitrogen and oxygen atoms in total. The van der Waals surface area contributed by atoms with Crippen LogP contribution in [0.1, 0.15) is 30.1 Å². The second kappa shape index (κ2) is 7.84. The van der Waals surface area contributed by atoms with Crippen LogP contribution in [0.25, 0.3) is 0 Å². The van der Waals surface area contributed by atoms with E-state index in [-0.39, 0.29) is 24.2 Å². The monoisotopic (exact) mass is 382 g/mol. The van der Waals surface area contributed by atoms with Crippen LogP contribution in [-0.4, -0.2) is 27.3 Å². The van der Waals surface area contributed by atoms with Crippen LogP contribution in [0.5, 0.6) is 0 Å². The van der Waals surface area contributed by atoms with Crippen molar-refractivity contribution < 1.29 is 9.18 Å². The molecule has 0 unspecified atom stereocenters. The maximum atomic E-state index is 13.1. The summed E-state index contributed by atoms with van der Waals surface area (Å²) in [6, 6.07) is 11.9. The van der Waals surface area contributed by atoms with E-state index in [2.05, 4.69) is 10.3 Å². The molecule has 0 spiro atoms. The second-order valence-corrected chi connectivity index (χ2v) is 7.35. The molecule has 7 heteroatoms. The van der Waals surface area contributed by atoms with Gasteiger partial charge in [0.15, 0.2) is 5.13 Å². The molecule has 1 aliphatic heterocycles.